The van der Waals surface area contributed by atoms with Crippen LogP contribution in [0, 0.1) is 5.82 Å². The summed E-state index contributed by atoms with van der Waals surface area (Å²) in [5.41, 5.74) is 13.4. The normalized spacial score (nSPS) is 11.0. The summed E-state index contributed by atoms with van der Waals surface area (Å²) in [6.07, 6.45) is -5.08. The van der Waals surface area contributed by atoms with E-state index in [9.17, 15) is 17.6 Å². The molecule has 3 rings (SSSR count). The summed E-state index contributed by atoms with van der Waals surface area (Å²) in [4.78, 5) is 17.5. The number of carboxylic acid groups (broad SMARTS) is 1. The molecule has 0 aliphatic rings. The fourth-order valence-corrected chi connectivity index (χ4v) is 2.32. The highest BCUT2D eigenvalue weighted by Crippen LogP contribution is 2.31. The van der Waals surface area contributed by atoms with E-state index in [-0.39, 0.29) is 10.8 Å². The van der Waals surface area contributed by atoms with E-state index in [0.29, 0.717) is 33.7 Å². The van der Waals surface area contributed by atoms with Crippen LogP contribution in [0.25, 0.3) is 22.3 Å². The number of alkyl halides is 3. The minimum atomic E-state index is -5.08. The molecule has 0 aliphatic heterocycles. The molecule has 154 valence electrons. The first-order chi connectivity index (χ1) is 13.4. The number of methoxy groups -OCH3 is 1. The first-order valence-electron chi connectivity index (χ1n) is 7.60. The number of fused-ring (bicyclic) bond motifs is 1. The van der Waals surface area contributed by atoms with Crippen LogP contribution in [0.5, 0.6) is 5.75 Å². The summed E-state index contributed by atoms with van der Waals surface area (Å²) < 4.78 is 50.2. The van der Waals surface area contributed by atoms with Crippen LogP contribution < -0.4 is 16.2 Å². The Morgan fingerprint density at radius 3 is 2.31 bits per heavy atom. The SMILES string of the molecule is COc1cc2nc(-c3ccc(F)c(Cl)c3)nc(N)c2cc1N.O=C(O)C(F)(F)F. The number of nitrogens with two attached hydrogens (primary N) is 2. The van der Waals surface area contributed by atoms with E-state index >= 15 is 0 Å². The molecule has 1 heterocycles. The lowest BCUT2D eigenvalue weighted by molar-refractivity contribution is -0.192. The van der Waals surface area contributed by atoms with Crippen LogP contribution >= 0.6 is 11.6 Å². The van der Waals surface area contributed by atoms with Crippen molar-refractivity contribution in [3.05, 3.63) is 41.2 Å². The molecule has 0 unspecified atom stereocenters. The Morgan fingerprint density at radius 1 is 1.17 bits per heavy atom. The molecule has 7 nitrogen and oxygen atoms in total. The van der Waals surface area contributed by atoms with Crippen molar-refractivity contribution in [2.45, 2.75) is 6.18 Å². The lowest BCUT2D eigenvalue weighted by atomic mass is 10.1. The molecule has 1 aromatic heterocycles. The van der Waals surface area contributed by atoms with Gasteiger partial charge in [-0.25, -0.2) is 19.2 Å². The molecular weight excluding hydrogens is 420 g/mol. The highest BCUT2D eigenvalue weighted by atomic mass is 35.5. The van der Waals surface area contributed by atoms with Gasteiger partial charge in [0, 0.05) is 17.0 Å². The second kappa shape index (κ2) is 8.35. The van der Waals surface area contributed by atoms with Crippen LogP contribution in [-0.2, 0) is 4.79 Å². The molecule has 0 spiro atoms. The van der Waals surface area contributed by atoms with E-state index in [4.69, 9.17) is 37.7 Å². The number of carbonyl (C=O) groups is 1. The monoisotopic (exact) mass is 432 g/mol. The number of aliphatic carboxylic acids is 1. The molecule has 0 amide bonds. The van der Waals surface area contributed by atoms with Crippen molar-refractivity contribution in [1.29, 1.82) is 0 Å². The fraction of sp³-hybridized carbons (Fsp3) is 0.118. The number of halogens is 5. The number of aromatic nitrogens is 2. The Bertz CT molecular complexity index is 1080. The second-order valence-corrected chi connectivity index (χ2v) is 5.88. The highest BCUT2D eigenvalue weighted by molar-refractivity contribution is 6.31. The minimum Gasteiger partial charge on any atom is -0.495 e. The number of carboxylic acids is 1. The molecular formula is C17H13ClF4N4O3. The molecule has 29 heavy (non-hydrogen) atoms. The summed E-state index contributed by atoms with van der Waals surface area (Å²) in [5.74, 6) is -2.15. The summed E-state index contributed by atoms with van der Waals surface area (Å²) in [6.45, 7) is 0. The summed E-state index contributed by atoms with van der Waals surface area (Å²) >= 11 is 5.79. The molecule has 0 atom stereocenters. The maximum Gasteiger partial charge on any atom is 0.490 e. The Labute approximate surface area is 165 Å². The first kappa shape index (κ1) is 22.0. The Morgan fingerprint density at radius 2 is 1.79 bits per heavy atom. The zero-order chi connectivity index (χ0) is 21.9. The third-order valence-electron chi connectivity index (χ3n) is 3.50. The van der Waals surface area contributed by atoms with Crippen molar-refractivity contribution in [3.8, 4) is 17.1 Å². The predicted molar refractivity (Wildman–Crippen MR) is 99.0 cm³/mol. The lowest BCUT2D eigenvalue weighted by Gasteiger charge is -2.09. The van der Waals surface area contributed by atoms with E-state index in [1.54, 1.807) is 12.1 Å². The molecule has 3 aromatic rings. The maximum atomic E-state index is 13.3. The van der Waals surface area contributed by atoms with Gasteiger partial charge in [0.2, 0.25) is 0 Å². The average Bonchev–Trinajstić information content (AvgIpc) is 2.63. The molecule has 5 N–H and O–H groups in total. The van der Waals surface area contributed by atoms with Crippen molar-refractivity contribution in [1.82, 2.24) is 9.97 Å². The summed E-state index contributed by atoms with van der Waals surface area (Å²) in [7, 11) is 1.52. The molecule has 0 saturated carbocycles. The number of hydrogen-bond donors (Lipinski definition) is 3. The van der Waals surface area contributed by atoms with Gasteiger partial charge < -0.3 is 21.3 Å². The van der Waals surface area contributed by atoms with Crippen molar-refractivity contribution in [2.75, 3.05) is 18.6 Å². The van der Waals surface area contributed by atoms with Gasteiger partial charge in [0.1, 0.15) is 17.4 Å². The number of rotatable bonds is 2. The predicted octanol–water partition coefficient (Wildman–Crippen LogP) is 3.90. The number of benzene rings is 2. The number of nitrogens with zero attached hydrogens (tertiary/aromatic N) is 2. The van der Waals surface area contributed by atoms with Crippen molar-refractivity contribution < 1.29 is 32.2 Å². The second-order valence-electron chi connectivity index (χ2n) is 5.48. The van der Waals surface area contributed by atoms with E-state index in [2.05, 4.69) is 9.97 Å². The summed E-state index contributed by atoms with van der Waals surface area (Å²) in [6, 6.07) is 7.58. The van der Waals surface area contributed by atoms with Gasteiger partial charge in [-0.05, 0) is 24.3 Å². The van der Waals surface area contributed by atoms with E-state index in [0.717, 1.165) is 0 Å². The molecule has 0 radical (unpaired) electrons. The van der Waals surface area contributed by atoms with Crippen LogP contribution in [0.1, 0.15) is 0 Å². The molecule has 0 fully saturated rings. The molecule has 0 saturated heterocycles. The quantitative estimate of drug-likeness (QED) is 0.414. The largest absolute Gasteiger partial charge is 0.495 e. The van der Waals surface area contributed by atoms with Gasteiger partial charge in [0.05, 0.1) is 23.3 Å². The zero-order valence-corrected chi connectivity index (χ0v) is 15.3. The molecule has 12 heteroatoms. The van der Waals surface area contributed by atoms with Crippen LogP contribution in [-0.4, -0.2) is 34.3 Å². The number of anilines is 2. The van der Waals surface area contributed by atoms with Crippen molar-refractivity contribution in [2.24, 2.45) is 0 Å². The lowest BCUT2D eigenvalue weighted by Crippen LogP contribution is -2.21. The van der Waals surface area contributed by atoms with E-state index < -0.39 is 18.0 Å². The van der Waals surface area contributed by atoms with Crippen LogP contribution in [0.3, 0.4) is 0 Å². The van der Waals surface area contributed by atoms with Gasteiger partial charge in [0.15, 0.2) is 5.82 Å². The fourth-order valence-electron chi connectivity index (χ4n) is 2.14. The Balaban J connectivity index is 0.000000370. The first-order valence-corrected chi connectivity index (χ1v) is 7.98. The number of ether oxygens (including phenoxy) is 1. The smallest absolute Gasteiger partial charge is 0.490 e. The Hall–Kier alpha value is -3.34. The summed E-state index contributed by atoms with van der Waals surface area (Å²) in [5, 5.41) is 7.74. The van der Waals surface area contributed by atoms with Crippen molar-refractivity contribution in [3.63, 3.8) is 0 Å². The number of hydrogen-bond acceptors (Lipinski definition) is 6. The molecule has 0 bridgehead atoms. The van der Waals surface area contributed by atoms with Gasteiger partial charge in [-0.15, -0.1) is 0 Å². The van der Waals surface area contributed by atoms with E-state index in [1.807, 2.05) is 0 Å². The minimum absolute atomic E-state index is 0.00495. The highest BCUT2D eigenvalue weighted by Gasteiger charge is 2.38. The topological polar surface area (TPSA) is 124 Å². The van der Waals surface area contributed by atoms with Gasteiger partial charge >= 0.3 is 12.1 Å². The van der Waals surface area contributed by atoms with Gasteiger partial charge in [-0.3, -0.25) is 0 Å². The van der Waals surface area contributed by atoms with Crippen molar-refractivity contribution >= 4 is 40.0 Å². The van der Waals surface area contributed by atoms with Crippen LogP contribution in [0.2, 0.25) is 5.02 Å². The van der Waals surface area contributed by atoms with Crippen LogP contribution in [0.4, 0.5) is 29.1 Å². The maximum absolute atomic E-state index is 13.3. The van der Waals surface area contributed by atoms with Gasteiger partial charge in [0.25, 0.3) is 0 Å². The zero-order valence-electron chi connectivity index (χ0n) is 14.6. The van der Waals surface area contributed by atoms with Gasteiger partial charge in [-0.1, -0.05) is 11.6 Å². The van der Waals surface area contributed by atoms with Crippen LogP contribution in [0.15, 0.2) is 30.3 Å². The van der Waals surface area contributed by atoms with E-state index in [1.165, 1.54) is 25.3 Å². The standard InChI is InChI=1S/C15H12ClFN4O.C2HF3O2/c1-22-13-6-12-8(5-11(13)18)14(19)21-15(20-12)7-2-3-10(17)9(16)4-7;3-2(4,5)1(6)7/h2-6H,18H2,1H3,(H2,19,20,21);(H,6,7). The third kappa shape index (κ3) is 5.13. The Kier molecular flexibility index (Phi) is 6.32. The molecule has 2 aromatic carbocycles. The third-order valence-corrected chi connectivity index (χ3v) is 3.79. The molecule has 0 aliphatic carbocycles. The number of nitrogen functional groups attached to an aromatic ring is 2. The van der Waals surface area contributed by atoms with Gasteiger partial charge in [-0.2, -0.15) is 13.2 Å². The average molecular weight is 433 g/mol.